The Morgan fingerprint density at radius 3 is 2.00 bits per heavy atom. The summed E-state index contributed by atoms with van der Waals surface area (Å²) >= 11 is 5.20. The second-order valence-corrected chi connectivity index (χ2v) is 4.32. The molecule has 0 aliphatic carbocycles. The molecule has 0 unspecified atom stereocenters. The molecule has 0 saturated heterocycles. The van der Waals surface area contributed by atoms with E-state index in [1.807, 2.05) is 0 Å². The van der Waals surface area contributed by atoms with Gasteiger partial charge < -0.3 is 12.6 Å². The second kappa shape index (κ2) is 7.02. The van der Waals surface area contributed by atoms with E-state index in [-0.39, 0.29) is 34.3 Å². The minimum Gasteiger partial charge on any atom is -0.786 e. The van der Waals surface area contributed by atoms with Crippen molar-refractivity contribution < 1.29 is 29.6 Å². The van der Waals surface area contributed by atoms with Crippen molar-refractivity contribution >= 4 is 12.6 Å². The molecule has 0 heterocycles. The third-order valence-electron chi connectivity index (χ3n) is 1.38. The van der Waals surface area contributed by atoms with E-state index in [1.165, 1.54) is 25.7 Å². The van der Waals surface area contributed by atoms with Gasteiger partial charge in [-0.1, -0.05) is 46.5 Å². The Balaban J connectivity index is 0. The molecule has 0 amide bonds. The molecule has 0 bridgehead atoms. The molecule has 10 heavy (non-hydrogen) atoms. The zero-order chi connectivity index (χ0) is 7.33. The normalized spacial score (nSPS) is 10.8. The molecule has 0 aromatic heterocycles. The van der Waals surface area contributed by atoms with Crippen LogP contribution in [0.3, 0.4) is 0 Å². The van der Waals surface area contributed by atoms with Crippen LogP contribution in [0.2, 0.25) is 0 Å². The Morgan fingerprint density at radius 1 is 1.20 bits per heavy atom. The second-order valence-electron chi connectivity index (χ2n) is 3.22. The molecule has 0 aromatic carbocycles. The van der Waals surface area contributed by atoms with E-state index < -0.39 is 0 Å². The molecular weight excluding hydrogens is 151 g/mol. The number of hydrogen-bond acceptors (Lipinski definition) is 1. The minimum absolute atomic E-state index is 0. The molecular formula is C8H17NaS. The molecule has 0 fully saturated rings. The predicted octanol–water partition coefficient (Wildman–Crippen LogP) is -0.104. The molecule has 0 N–H and O–H groups in total. The standard InChI is InChI=1S/C8H18S.Na/c1-4-5-6-7-8(2,3)9;/h9H,4-7H2,1-3H3;/q;+1/p-1. The fraction of sp³-hybridized carbons (Fsp3) is 1.00. The quantitative estimate of drug-likeness (QED) is 0.321. The zero-order valence-electron chi connectivity index (χ0n) is 7.74. The van der Waals surface area contributed by atoms with Crippen LogP contribution >= 0.6 is 0 Å². The fourth-order valence-corrected chi connectivity index (χ4v) is 0.945. The van der Waals surface area contributed by atoms with Crippen molar-refractivity contribution in [3.8, 4) is 0 Å². The van der Waals surface area contributed by atoms with E-state index in [1.54, 1.807) is 0 Å². The van der Waals surface area contributed by atoms with E-state index in [9.17, 15) is 0 Å². The number of unbranched alkanes of at least 4 members (excludes halogenated alkanes) is 2. The molecule has 0 aliphatic rings. The van der Waals surface area contributed by atoms with Gasteiger partial charge in [-0.05, 0) is 0 Å². The van der Waals surface area contributed by atoms with Gasteiger partial charge in [-0.3, -0.25) is 0 Å². The maximum absolute atomic E-state index is 5.20. The van der Waals surface area contributed by atoms with Crippen LogP contribution in [-0.2, 0) is 12.6 Å². The molecule has 0 rings (SSSR count). The minimum atomic E-state index is 0. The van der Waals surface area contributed by atoms with Gasteiger partial charge in [-0.25, -0.2) is 0 Å². The Bertz CT molecular complexity index is 66.1. The first kappa shape index (κ1) is 13.9. The van der Waals surface area contributed by atoms with E-state index in [0.717, 1.165) is 0 Å². The summed E-state index contributed by atoms with van der Waals surface area (Å²) in [4.78, 5) is 0. The topological polar surface area (TPSA) is 0 Å². The molecule has 0 saturated carbocycles. The Labute approximate surface area is 92.9 Å². The molecule has 0 radical (unpaired) electrons. The predicted molar refractivity (Wildman–Crippen MR) is 45.6 cm³/mol. The smallest absolute Gasteiger partial charge is 0.786 e. The summed E-state index contributed by atoms with van der Waals surface area (Å²) in [6.45, 7) is 6.46. The molecule has 2 heteroatoms. The third kappa shape index (κ3) is 12.1. The van der Waals surface area contributed by atoms with Gasteiger partial charge >= 0.3 is 29.6 Å². The summed E-state index contributed by atoms with van der Waals surface area (Å²) in [5, 5.41) is 0. The van der Waals surface area contributed by atoms with Crippen molar-refractivity contribution in [2.24, 2.45) is 0 Å². The van der Waals surface area contributed by atoms with E-state index in [2.05, 4.69) is 20.8 Å². The van der Waals surface area contributed by atoms with Crippen LogP contribution in [0.1, 0.15) is 46.5 Å². The summed E-state index contributed by atoms with van der Waals surface area (Å²) in [5.74, 6) is 0. The van der Waals surface area contributed by atoms with E-state index in [0.29, 0.717) is 0 Å². The van der Waals surface area contributed by atoms with Gasteiger partial charge in [0, 0.05) is 0 Å². The van der Waals surface area contributed by atoms with E-state index in [4.69, 9.17) is 12.6 Å². The van der Waals surface area contributed by atoms with Crippen LogP contribution in [0, 0.1) is 0 Å². The molecule has 0 atom stereocenters. The zero-order valence-corrected chi connectivity index (χ0v) is 10.6. The maximum atomic E-state index is 5.20. The summed E-state index contributed by atoms with van der Waals surface area (Å²) in [6.07, 6.45) is 5.12. The van der Waals surface area contributed by atoms with Crippen LogP contribution in [0.15, 0.2) is 0 Å². The van der Waals surface area contributed by atoms with Gasteiger partial charge in [0.1, 0.15) is 0 Å². The molecule has 0 nitrogen and oxygen atoms in total. The van der Waals surface area contributed by atoms with Gasteiger partial charge in [0.05, 0.1) is 0 Å². The molecule has 56 valence electrons. The Hall–Kier alpha value is 1.35. The first-order valence-corrected chi connectivity index (χ1v) is 4.17. The van der Waals surface area contributed by atoms with Crippen LogP contribution < -0.4 is 29.6 Å². The van der Waals surface area contributed by atoms with Crippen molar-refractivity contribution in [1.82, 2.24) is 0 Å². The monoisotopic (exact) mass is 168 g/mol. The van der Waals surface area contributed by atoms with Gasteiger partial charge in [0.15, 0.2) is 0 Å². The molecule has 0 aromatic rings. The number of hydrogen-bond donors (Lipinski definition) is 0. The van der Waals surface area contributed by atoms with Gasteiger partial charge in [0.25, 0.3) is 0 Å². The number of rotatable bonds is 4. The maximum Gasteiger partial charge on any atom is 1.00 e. The van der Waals surface area contributed by atoms with E-state index >= 15 is 0 Å². The van der Waals surface area contributed by atoms with Crippen molar-refractivity contribution in [2.75, 3.05) is 0 Å². The average molecular weight is 168 g/mol. The van der Waals surface area contributed by atoms with Crippen molar-refractivity contribution in [3.05, 3.63) is 0 Å². The van der Waals surface area contributed by atoms with Crippen LogP contribution in [0.5, 0.6) is 0 Å². The fourth-order valence-electron chi connectivity index (χ4n) is 0.801. The summed E-state index contributed by atoms with van der Waals surface area (Å²) in [6, 6.07) is 0. The first-order chi connectivity index (χ1) is 4.06. The van der Waals surface area contributed by atoms with Gasteiger partial charge in [-0.15, -0.1) is 0 Å². The van der Waals surface area contributed by atoms with Crippen molar-refractivity contribution in [1.29, 1.82) is 0 Å². The average Bonchev–Trinajstić information content (AvgIpc) is 1.63. The van der Waals surface area contributed by atoms with Gasteiger partial charge in [-0.2, -0.15) is 4.75 Å². The molecule has 0 aliphatic heterocycles. The largest absolute Gasteiger partial charge is 1.00 e. The molecule has 0 spiro atoms. The summed E-state index contributed by atoms with van der Waals surface area (Å²) in [5.41, 5.74) is 0. The van der Waals surface area contributed by atoms with Crippen LogP contribution in [-0.4, -0.2) is 4.75 Å². The Kier molecular flexibility index (Phi) is 9.77. The summed E-state index contributed by atoms with van der Waals surface area (Å²) in [7, 11) is 0. The van der Waals surface area contributed by atoms with Crippen LogP contribution in [0.25, 0.3) is 0 Å². The third-order valence-corrected chi connectivity index (χ3v) is 1.59. The first-order valence-electron chi connectivity index (χ1n) is 3.76. The Morgan fingerprint density at radius 2 is 1.70 bits per heavy atom. The van der Waals surface area contributed by atoms with Crippen molar-refractivity contribution in [2.45, 2.75) is 51.2 Å². The summed E-state index contributed by atoms with van der Waals surface area (Å²) < 4.78 is 0.134. The van der Waals surface area contributed by atoms with Crippen molar-refractivity contribution in [3.63, 3.8) is 0 Å². The SMILES string of the molecule is CCCCCC(C)(C)[S-].[Na+]. The van der Waals surface area contributed by atoms with Crippen LogP contribution in [0.4, 0.5) is 0 Å². The van der Waals surface area contributed by atoms with Gasteiger partial charge in [0.2, 0.25) is 0 Å².